The van der Waals surface area contributed by atoms with Crippen LogP contribution in [0.2, 0.25) is 0 Å². The van der Waals surface area contributed by atoms with Gasteiger partial charge >= 0.3 is 0 Å². The van der Waals surface area contributed by atoms with E-state index in [-0.39, 0.29) is 0 Å². The van der Waals surface area contributed by atoms with Gasteiger partial charge in [0.15, 0.2) is 0 Å². The molecule has 0 fully saturated rings. The van der Waals surface area contributed by atoms with Crippen LogP contribution in [0.5, 0.6) is 0 Å². The predicted molar refractivity (Wildman–Crippen MR) is 71.8 cm³/mol. The van der Waals surface area contributed by atoms with Crippen molar-refractivity contribution >= 4 is 11.8 Å². The minimum absolute atomic E-state index is 0.694. The Morgan fingerprint density at radius 1 is 1.50 bits per heavy atom. The first-order valence-electron chi connectivity index (χ1n) is 6.02. The molecular weight excluding hydrogens is 218 g/mol. The average molecular weight is 241 g/mol. The lowest BCUT2D eigenvalue weighted by molar-refractivity contribution is 0.531. The molecule has 0 aliphatic carbocycles. The van der Waals surface area contributed by atoms with Gasteiger partial charge < -0.3 is 9.88 Å². The Kier molecular flexibility index (Phi) is 6.57. The average Bonchev–Trinajstić information content (AvgIpc) is 2.66. The van der Waals surface area contributed by atoms with Crippen LogP contribution in [0.4, 0.5) is 0 Å². The summed E-state index contributed by atoms with van der Waals surface area (Å²) in [6, 6.07) is 0. The highest BCUT2D eigenvalue weighted by Crippen LogP contribution is 2.03. The molecule has 0 unspecified atom stereocenters. The van der Waals surface area contributed by atoms with Gasteiger partial charge in [-0.3, -0.25) is 0 Å². The predicted octanol–water partition coefficient (Wildman–Crippen LogP) is 2.38. The number of hydrogen-bond donors (Lipinski definition) is 1. The van der Waals surface area contributed by atoms with Crippen molar-refractivity contribution in [3.05, 3.63) is 18.2 Å². The fourth-order valence-electron chi connectivity index (χ4n) is 1.49. The van der Waals surface area contributed by atoms with Gasteiger partial charge in [-0.15, -0.1) is 0 Å². The van der Waals surface area contributed by atoms with Gasteiger partial charge in [-0.1, -0.05) is 20.8 Å². The highest BCUT2D eigenvalue weighted by molar-refractivity contribution is 7.99. The van der Waals surface area contributed by atoms with E-state index in [0.29, 0.717) is 5.92 Å². The van der Waals surface area contributed by atoms with Crippen LogP contribution < -0.4 is 5.32 Å². The van der Waals surface area contributed by atoms with Crippen molar-refractivity contribution in [2.45, 2.75) is 33.9 Å². The van der Waals surface area contributed by atoms with Crippen molar-refractivity contribution in [3.63, 3.8) is 0 Å². The maximum Gasteiger partial charge on any atom is 0.122 e. The number of aromatic nitrogens is 2. The molecule has 0 aliphatic heterocycles. The Bertz CT molecular complexity index is 284. The molecule has 0 aliphatic rings. The number of nitrogens with zero attached hydrogens (tertiary/aromatic N) is 2. The Morgan fingerprint density at radius 2 is 2.31 bits per heavy atom. The highest BCUT2D eigenvalue weighted by Gasteiger charge is 2.02. The van der Waals surface area contributed by atoms with Gasteiger partial charge in [0.2, 0.25) is 0 Å². The molecule has 92 valence electrons. The van der Waals surface area contributed by atoms with Crippen LogP contribution in [-0.4, -0.2) is 27.6 Å². The smallest absolute Gasteiger partial charge is 0.122 e. The normalized spacial score (nSPS) is 11.2. The summed E-state index contributed by atoms with van der Waals surface area (Å²) in [6.07, 6.45) is 3.96. The molecule has 0 saturated carbocycles. The first-order chi connectivity index (χ1) is 7.74. The Morgan fingerprint density at radius 3 is 3.00 bits per heavy atom. The summed E-state index contributed by atoms with van der Waals surface area (Å²) in [7, 11) is 0. The van der Waals surface area contributed by atoms with E-state index in [4.69, 9.17) is 0 Å². The second-order valence-electron chi connectivity index (χ2n) is 4.26. The zero-order valence-corrected chi connectivity index (χ0v) is 11.4. The summed E-state index contributed by atoms with van der Waals surface area (Å²) in [5, 5.41) is 3.43. The number of nitrogens with one attached hydrogen (secondary N) is 1. The van der Waals surface area contributed by atoms with Crippen molar-refractivity contribution in [2.24, 2.45) is 5.92 Å². The molecule has 1 N–H and O–H groups in total. The van der Waals surface area contributed by atoms with E-state index in [1.807, 2.05) is 18.0 Å². The lowest BCUT2D eigenvalue weighted by atomic mass is 10.2. The molecular formula is C12H23N3S. The van der Waals surface area contributed by atoms with Gasteiger partial charge in [0.05, 0.1) is 6.54 Å². The van der Waals surface area contributed by atoms with E-state index in [1.165, 1.54) is 11.5 Å². The minimum Gasteiger partial charge on any atom is -0.333 e. The number of rotatable bonds is 8. The quantitative estimate of drug-likeness (QED) is 0.709. The SMILES string of the molecule is CCSCCn1ccnc1CNCC(C)C. The van der Waals surface area contributed by atoms with Crippen LogP contribution in [0.25, 0.3) is 0 Å². The maximum atomic E-state index is 4.38. The van der Waals surface area contributed by atoms with Crippen LogP contribution in [-0.2, 0) is 13.1 Å². The number of hydrogen-bond acceptors (Lipinski definition) is 3. The van der Waals surface area contributed by atoms with Crippen LogP contribution in [0, 0.1) is 5.92 Å². The Balaban J connectivity index is 2.32. The van der Waals surface area contributed by atoms with Crippen LogP contribution >= 0.6 is 11.8 Å². The Labute approximate surface area is 103 Å². The monoisotopic (exact) mass is 241 g/mol. The third kappa shape index (κ3) is 5.03. The molecule has 0 atom stereocenters. The summed E-state index contributed by atoms with van der Waals surface area (Å²) >= 11 is 1.97. The van der Waals surface area contributed by atoms with E-state index < -0.39 is 0 Å². The van der Waals surface area contributed by atoms with E-state index in [2.05, 4.69) is 41.8 Å². The molecule has 16 heavy (non-hydrogen) atoms. The van der Waals surface area contributed by atoms with E-state index >= 15 is 0 Å². The van der Waals surface area contributed by atoms with Crippen molar-refractivity contribution < 1.29 is 0 Å². The van der Waals surface area contributed by atoms with Crippen LogP contribution in [0.3, 0.4) is 0 Å². The van der Waals surface area contributed by atoms with Crippen molar-refractivity contribution in [1.82, 2.24) is 14.9 Å². The van der Waals surface area contributed by atoms with Crippen LogP contribution in [0.1, 0.15) is 26.6 Å². The largest absolute Gasteiger partial charge is 0.333 e. The van der Waals surface area contributed by atoms with Gasteiger partial charge in [-0.05, 0) is 18.2 Å². The fraction of sp³-hybridized carbons (Fsp3) is 0.750. The second-order valence-corrected chi connectivity index (χ2v) is 5.65. The zero-order chi connectivity index (χ0) is 11.8. The summed E-state index contributed by atoms with van der Waals surface area (Å²) < 4.78 is 2.25. The lowest BCUT2D eigenvalue weighted by Crippen LogP contribution is -2.21. The van der Waals surface area contributed by atoms with Gasteiger partial charge in [0.1, 0.15) is 5.82 Å². The minimum atomic E-state index is 0.694. The van der Waals surface area contributed by atoms with Gasteiger partial charge in [0, 0.05) is 24.7 Å². The van der Waals surface area contributed by atoms with Crippen molar-refractivity contribution in [3.8, 4) is 0 Å². The first-order valence-corrected chi connectivity index (χ1v) is 7.18. The molecule has 0 radical (unpaired) electrons. The molecule has 1 heterocycles. The fourth-order valence-corrected chi connectivity index (χ4v) is 2.11. The van der Waals surface area contributed by atoms with Crippen molar-refractivity contribution in [2.75, 3.05) is 18.1 Å². The molecule has 1 rings (SSSR count). The lowest BCUT2D eigenvalue weighted by Gasteiger charge is -2.09. The molecule has 1 aromatic rings. The van der Waals surface area contributed by atoms with Gasteiger partial charge in [-0.2, -0.15) is 11.8 Å². The van der Waals surface area contributed by atoms with Gasteiger partial charge in [0.25, 0.3) is 0 Å². The standard InChI is InChI=1S/C12H23N3S/c1-4-16-8-7-15-6-5-14-12(15)10-13-9-11(2)3/h5-6,11,13H,4,7-10H2,1-3H3. The van der Waals surface area contributed by atoms with Crippen LogP contribution in [0.15, 0.2) is 12.4 Å². The molecule has 0 saturated heterocycles. The van der Waals surface area contributed by atoms with E-state index in [0.717, 1.165) is 25.5 Å². The maximum absolute atomic E-state index is 4.38. The summed E-state index contributed by atoms with van der Waals surface area (Å²) in [4.78, 5) is 4.38. The Hall–Kier alpha value is -0.480. The topological polar surface area (TPSA) is 29.9 Å². The van der Waals surface area contributed by atoms with Crippen molar-refractivity contribution in [1.29, 1.82) is 0 Å². The number of thioether (sulfide) groups is 1. The first kappa shape index (κ1) is 13.6. The third-order valence-electron chi connectivity index (χ3n) is 2.32. The number of imidazole rings is 1. The number of aryl methyl sites for hydroxylation is 1. The molecule has 0 amide bonds. The third-order valence-corrected chi connectivity index (χ3v) is 3.20. The summed E-state index contributed by atoms with van der Waals surface area (Å²) in [5.74, 6) is 4.20. The molecule has 0 bridgehead atoms. The summed E-state index contributed by atoms with van der Waals surface area (Å²) in [6.45, 7) is 9.63. The molecule has 0 aromatic carbocycles. The molecule has 1 aromatic heterocycles. The van der Waals surface area contributed by atoms with E-state index in [9.17, 15) is 0 Å². The van der Waals surface area contributed by atoms with E-state index in [1.54, 1.807) is 0 Å². The highest BCUT2D eigenvalue weighted by atomic mass is 32.2. The zero-order valence-electron chi connectivity index (χ0n) is 10.6. The molecule has 3 nitrogen and oxygen atoms in total. The second kappa shape index (κ2) is 7.74. The van der Waals surface area contributed by atoms with Gasteiger partial charge in [-0.25, -0.2) is 4.98 Å². The summed E-state index contributed by atoms with van der Waals surface area (Å²) in [5.41, 5.74) is 0. The molecule has 4 heteroatoms. The molecule has 0 spiro atoms.